The number of ether oxygens (including phenoxy) is 2. The smallest absolute Gasteiger partial charge is 0.119 e. The highest BCUT2D eigenvalue weighted by Gasteiger charge is 2.15. The van der Waals surface area contributed by atoms with Crippen molar-refractivity contribution in [1.29, 1.82) is 0 Å². The fraction of sp³-hybridized carbons (Fsp3) is 0.571. The van der Waals surface area contributed by atoms with Crippen molar-refractivity contribution in [3.63, 3.8) is 0 Å². The van der Waals surface area contributed by atoms with E-state index in [4.69, 9.17) is 9.47 Å². The minimum absolute atomic E-state index is 0.334. The van der Waals surface area contributed by atoms with E-state index in [0.29, 0.717) is 13.2 Å². The van der Waals surface area contributed by atoms with Crippen LogP contribution in [0.1, 0.15) is 5.56 Å². The summed E-state index contributed by atoms with van der Waals surface area (Å²) in [7, 11) is 0. The van der Waals surface area contributed by atoms with Gasteiger partial charge in [0.1, 0.15) is 18.5 Å². The van der Waals surface area contributed by atoms with Gasteiger partial charge in [0.05, 0.1) is 13.2 Å². The summed E-state index contributed by atoms with van der Waals surface area (Å²) in [6, 6.07) is 7.86. The van der Waals surface area contributed by atoms with Crippen molar-refractivity contribution in [1.82, 2.24) is 4.90 Å². The molecule has 1 atom stereocenters. The van der Waals surface area contributed by atoms with Gasteiger partial charge in [-0.15, -0.1) is 0 Å². The first-order chi connectivity index (χ1) is 8.74. The van der Waals surface area contributed by atoms with E-state index in [1.165, 1.54) is 5.56 Å². The van der Waals surface area contributed by atoms with Crippen LogP contribution in [-0.2, 0) is 4.74 Å². The molecule has 2 rings (SSSR count). The summed E-state index contributed by atoms with van der Waals surface area (Å²) in [5, 5.41) is 9.91. The van der Waals surface area contributed by atoms with Crippen molar-refractivity contribution in [3.8, 4) is 5.75 Å². The van der Waals surface area contributed by atoms with Crippen LogP contribution >= 0.6 is 0 Å². The Morgan fingerprint density at radius 2 is 1.94 bits per heavy atom. The van der Waals surface area contributed by atoms with Gasteiger partial charge in [-0.25, -0.2) is 0 Å². The quantitative estimate of drug-likeness (QED) is 0.850. The molecule has 0 aromatic heterocycles. The van der Waals surface area contributed by atoms with Gasteiger partial charge in [0.2, 0.25) is 0 Å². The zero-order chi connectivity index (χ0) is 12.8. The summed E-state index contributed by atoms with van der Waals surface area (Å²) in [4.78, 5) is 2.20. The lowest BCUT2D eigenvalue weighted by atomic mass is 10.2. The molecular formula is C14H21NO3. The summed E-state index contributed by atoms with van der Waals surface area (Å²) in [6.45, 7) is 6.31. The topological polar surface area (TPSA) is 41.9 Å². The third kappa shape index (κ3) is 4.29. The average molecular weight is 251 g/mol. The zero-order valence-corrected chi connectivity index (χ0v) is 10.8. The number of hydrogen-bond donors (Lipinski definition) is 1. The molecule has 4 heteroatoms. The second-order valence-corrected chi connectivity index (χ2v) is 4.69. The van der Waals surface area contributed by atoms with Crippen molar-refractivity contribution in [3.05, 3.63) is 29.8 Å². The molecule has 4 nitrogen and oxygen atoms in total. The molecule has 0 saturated carbocycles. The van der Waals surface area contributed by atoms with E-state index in [2.05, 4.69) is 4.90 Å². The summed E-state index contributed by atoms with van der Waals surface area (Å²) in [5.74, 6) is 0.807. The van der Waals surface area contributed by atoms with Gasteiger partial charge in [-0.05, 0) is 19.1 Å². The van der Waals surface area contributed by atoms with E-state index in [9.17, 15) is 5.11 Å². The molecule has 0 spiro atoms. The number of benzene rings is 1. The van der Waals surface area contributed by atoms with Crippen LogP contribution in [-0.4, -0.2) is 55.6 Å². The Balaban J connectivity index is 1.70. The molecule has 0 unspecified atom stereocenters. The maximum atomic E-state index is 9.91. The highest BCUT2D eigenvalue weighted by atomic mass is 16.5. The minimum Gasteiger partial charge on any atom is -0.491 e. The number of hydrogen-bond acceptors (Lipinski definition) is 4. The number of aliphatic hydroxyl groups is 1. The van der Waals surface area contributed by atoms with Crippen LogP contribution in [0.4, 0.5) is 0 Å². The van der Waals surface area contributed by atoms with E-state index in [1.54, 1.807) is 0 Å². The summed E-state index contributed by atoms with van der Waals surface area (Å²) in [6.07, 6.45) is -0.454. The van der Waals surface area contributed by atoms with Gasteiger partial charge in [0.15, 0.2) is 0 Å². The Labute approximate surface area is 108 Å². The maximum Gasteiger partial charge on any atom is 0.119 e. The van der Waals surface area contributed by atoms with Crippen molar-refractivity contribution < 1.29 is 14.6 Å². The molecule has 0 radical (unpaired) electrons. The highest BCUT2D eigenvalue weighted by molar-refractivity contribution is 5.26. The molecule has 0 aliphatic carbocycles. The number of aryl methyl sites for hydroxylation is 1. The van der Waals surface area contributed by atoms with Gasteiger partial charge in [-0.3, -0.25) is 4.90 Å². The Bertz CT molecular complexity index is 347. The number of aliphatic hydroxyl groups excluding tert-OH is 1. The van der Waals surface area contributed by atoms with Gasteiger partial charge in [-0.1, -0.05) is 17.7 Å². The molecule has 18 heavy (non-hydrogen) atoms. The van der Waals surface area contributed by atoms with Crippen molar-refractivity contribution in [2.45, 2.75) is 13.0 Å². The monoisotopic (exact) mass is 251 g/mol. The zero-order valence-electron chi connectivity index (χ0n) is 10.8. The van der Waals surface area contributed by atoms with Crippen molar-refractivity contribution in [2.24, 2.45) is 0 Å². The summed E-state index contributed by atoms with van der Waals surface area (Å²) in [5.41, 5.74) is 1.20. The Morgan fingerprint density at radius 3 is 2.61 bits per heavy atom. The number of morpholine rings is 1. The molecule has 1 heterocycles. The second kappa shape index (κ2) is 6.73. The number of nitrogens with zero attached hydrogens (tertiary/aromatic N) is 1. The van der Waals surface area contributed by atoms with Gasteiger partial charge in [0.25, 0.3) is 0 Å². The molecule has 1 aromatic rings. The number of rotatable bonds is 5. The van der Waals surface area contributed by atoms with E-state index < -0.39 is 6.10 Å². The third-order valence-electron chi connectivity index (χ3n) is 3.04. The first-order valence-electron chi connectivity index (χ1n) is 6.41. The fourth-order valence-corrected chi connectivity index (χ4v) is 1.96. The van der Waals surface area contributed by atoms with Gasteiger partial charge in [0, 0.05) is 19.6 Å². The first kappa shape index (κ1) is 13.3. The van der Waals surface area contributed by atoms with E-state index in [1.807, 2.05) is 31.2 Å². The lowest BCUT2D eigenvalue weighted by Gasteiger charge is -2.28. The summed E-state index contributed by atoms with van der Waals surface area (Å²) < 4.78 is 10.8. The first-order valence-corrected chi connectivity index (χ1v) is 6.41. The Hall–Kier alpha value is -1.10. The lowest BCUT2D eigenvalue weighted by Crippen LogP contribution is -2.42. The molecule has 100 valence electrons. The van der Waals surface area contributed by atoms with Crippen molar-refractivity contribution >= 4 is 0 Å². The highest BCUT2D eigenvalue weighted by Crippen LogP contribution is 2.11. The standard InChI is InChI=1S/C14H21NO3/c1-12-2-4-14(5-3-12)18-11-13(16)10-15-6-8-17-9-7-15/h2-5,13,16H,6-11H2,1H3/t13-/m1/s1. The van der Waals surface area contributed by atoms with Gasteiger partial charge in [-0.2, -0.15) is 0 Å². The van der Waals surface area contributed by atoms with Crippen LogP contribution in [0, 0.1) is 6.92 Å². The second-order valence-electron chi connectivity index (χ2n) is 4.69. The van der Waals surface area contributed by atoms with E-state index in [-0.39, 0.29) is 0 Å². The maximum absolute atomic E-state index is 9.91. The SMILES string of the molecule is Cc1ccc(OC[C@H](O)CN2CCOCC2)cc1. The average Bonchev–Trinajstić information content (AvgIpc) is 2.39. The Kier molecular flexibility index (Phi) is 4.99. The van der Waals surface area contributed by atoms with Crippen LogP contribution in [0.15, 0.2) is 24.3 Å². The largest absolute Gasteiger partial charge is 0.491 e. The van der Waals surface area contributed by atoms with Crippen LogP contribution < -0.4 is 4.74 Å². The predicted octanol–water partition coefficient (Wildman–Crippen LogP) is 1.07. The van der Waals surface area contributed by atoms with Crippen LogP contribution in [0.2, 0.25) is 0 Å². The fourth-order valence-electron chi connectivity index (χ4n) is 1.96. The molecule has 1 aliphatic rings. The van der Waals surface area contributed by atoms with E-state index >= 15 is 0 Å². The van der Waals surface area contributed by atoms with Gasteiger partial charge >= 0.3 is 0 Å². The lowest BCUT2D eigenvalue weighted by molar-refractivity contribution is 0.00465. The van der Waals surface area contributed by atoms with Crippen LogP contribution in [0.25, 0.3) is 0 Å². The van der Waals surface area contributed by atoms with Crippen LogP contribution in [0.5, 0.6) is 5.75 Å². The molecule has 1 fully saturated rings. The third-order valence-corrected chi connectivity index (χ3v) is 3.04. The van der Waals surface area contributed by atoms with Gasteiger partial charge < -0.3 is 14.6 Å². The van der Waals surface area contributed by atoms with Crippen molar-refractivity contribution in [2.75, 3.05) is 39.5 Å². The normalized spacial score (nSPS) is 18.6. The minimum atomic E-state index is -0.454. The molecule has 1 aliphatic heterocycles. The van der Waals surface area contributed by atoms with Crippen LogP contribution in [0.3, 0.4) is 0 Å². The molecule has 1 N–H and O–H groups in total. The molecule has 0 amide bonds. The molecular weight excluding hydrogens is 230 g/mol. The van der Waals surface area contributed by atoms with E-state index in [0.717, 1.165) is 32.1 Å². The summed E-state index contributed by atoms with van der Waals surface area (Å²) >= 11 is 0. The molecule has 0 bridgehead atoms. The molecule has 1 aromatic carbocycles. The predicted molar refractivity (Wildman–Crippen MR) is 69.9 cm³/mol. The number of β-amino-alcohol motifs (C(OH)–C–C–N with tert-alkyl or cyclic N) is 1. The molecule has 1 saturated heterocycles. The Morgan fingerprint density at radius 1 is 1.28 bits per heavy atom.